The van der Waals surface area contributed by atoms with Gasteiger partial charge in [-0.05, 0) is 53.2 Å². The fourth-order valence-electron chi connectivity index (χ4n) is 4.67. The zero-order valence-corrected chi connectivity index (χ0v) is 21.9. The topological polar surface area (TPSA) is 96.7 Å². The van der Waals surface area contributed by atoms with Crippen LogP contribution in [0.15, 0.2) is 48.5 Å². The van der Waals surface area contributed by atoms with Crippen molar-refractivity contribution < 1.29 is 28.5 Å². The molecule has 0 amide bonds. The van der Waals surface area contributed by atoms with Gasteiger partial charge in [-0.1, -0.05) is 56.2 Å². The molecule has 0 saturated carbocycles. The summed E-state index contributed by atoms with van der Waals surface area (Å²) < 4.78 is 32.4. The van der Waals surface area contributed by atoms with E-state index in [0.29, 0.717) is 17.7 Å². The standard InChI is InChI=1S/C29H29FNO5P/c1-18(2)28-25(14-15-37(35,36-3)17-22(32)16-26(33)34)27(20-8-11-21(30)12-9-20)24-13-10-19-6-4-5-7-23(19)29(24)31-28/h4-9,11-12,18,22,32H,10,13,16-17H2,1-3H3,(H,33,34). The second-order valence-corrected chi connectivity index (χ2v) is 11.7. The first-order valence-corrected chi connectivity index (χ1v) is 13.9. The highest BCUT2D eigenvalue weighted by atomic mass is 31.2. The molecule has 0 spiro atoms. The maximum absolute atomic E-state index is 13.8. The summed E-state index contributed by atoms with van der Waals surface area (Å²) in [4.78, 5) is 16.0. The summed E-state index contributed by atoms with van der Waals surface area (Å²) in [6.45, 7) is 3.99. The van der Waals surface area contributed by atoms with Crippen molar-refractivity contribution in [3.63, 3.8) is 0 Å². The van der Waals surface area contributed by atoms with Crippen LogP contribution in [-0.2, 0) is 26.7 Å². The Bertz CT molecular complexity index is 1440. The molecular formula is C29H29FNO5P. The lowest BCUT2D eigenvalue weighted by atomic mass is 9.81. The molecule has 0 aliphatic heterocycles. The number of nitrogens with zero attached hydrogens (tertiary/aromatic N) is 1. The highest BCUT2D eigenvalue weighted by Gasteiger charge is 2.28. The van der Waals surface area contributed by atoms with Gasteiger partial charge in [0.15, 0.2) is 0 Å². The molecule has 4 rings (SSSR count). The van der Waals surface area contributed by atoms with Crippen molar-refractivity contribution in [2.24, 2.45) is 0 Å². The van der Waals surface area contributed by atoms with E-state index in [2.05, 4.69) is 17.6 Å². The van der Waals surface area contributed by atoms with Crippen LogP contribution in [0.5, 0.6) is 0 Å². The molecule has 37 heavy (non-hydrogen) atoms. The van der Waals surface area contributed by atoms with Gasteiger partial charge in [-0.3, -0.25) is 14.3 Å². The summed E-state index contributed by atoms with van der Waals surface area (Å²) in [5.74, 6) is 1.45. The van der Waals surface area contributed by atoms with Gasteiger partial charge >= 0.3 is 5.97 Å². The Morgan fingerprint density at radius 3 is 2.51 bits per heavy atom. The molecule has 1 aromatic heterocycles. The Labute approximate surface area is 216 Å². The van der Waals surface area contributed by atoms with Crippen LogP contribution in [0.2, 0.25) is 0 Å². The lowest BCUT2D eigenvalue weighted by molar-refractivity contribution is -0.138. The molecule has 0 bridgehead atoms. The molecule has 2 atom stereocenters. The van der Waals surface area contributed by atoms with E-state index in [4.69, 9.17) is 14.6 Å². The van der Waals surface area contributed by atoms with Crippen LogP contribution in [0.25, 0.3) is 22.4 Å². The number of carboxylic acid groups (broad SMARTS) is 1. The van der Waals surface area contributed by atoms with Gasteiger partial charge in [0.2, 0.25) is 0 Å². The van der Waals surface area contributed by atoms with Gasteiger partial charge < -0.3 is 14.7 Å². The van der Waals surface area contributed by atoms with Crippen molar-refractivity contribution in [3.8, 4) is 34.0 Å². The summed E-state index contributed by atoms with van der Waals surface area (Å²) >= 11 is 0. The molecule has 0 radical (unpaired) electrons. The number of aliphatic carboxylic acids is 1. The average molecular weight is 522 g/mol. The molecule has 1 aliphatic carbocycles. The fourth-order valence-corrected chi connectivity index (χ4v) is 5.96. The number of aliphatic hydroxyl groups excluding tert-OH is 1. The number of carboxylic acids is 1. The maximum atomic E-state index is 13.8. The lowest BCUT2D eigenvalue weighted by Gasteiger charge is -2.26. The zero-order chi connectivity index (χ0) is 26.7. The second-order valence-electron chi connectivity index (χ2n) is 9.42. The van der Waals surface area contributed by atoms with Gasteiger partial charge in [-0.2, -0.15) is 0 Å². The molecule has 2 unspecified atom stereocenters. The SMILES string of the molecule is COP(=O)(C#Cc1c(C(C)C)nc2c(c1-c1ccc(F)cc1)CCc1ccccc1-2)CC(O)CC(=O)O. The number of fused-ring (bicyclic) bond motifs is 3. The van der Waals surface area contributed by atoms with Gasteiger partial charge in [0, 0.05) is 18.2 Å². The van der Waals surface area contributed by atoms with E-state index in [1.165, 1.54) is 24.8 Å². The summed E-state index contributed by atoms with van der Waals surface area (Å²) in [5.41, 5.74) is 9.68. The van der Waals surface area contributed by atoms with Crippen molar-refractivity contribution in [1.29, 1.82) is 0 Å². The van der Waals surface area contributed by atoms with Crippen LogP contribution >= 0.6 is 7.37 Å². The third kappa shape index (κ3) is 5.83. The largest absolute Gasteiger partial charge is 0.481 e. The third-order valence-electron chi connectivity index (χ3n) is 6.43. The number of benzene rings is 2. The van der Waals surface area contributed by atoms with Crippen LogP contribution < -0.4 is 0 Å². The van der Waals surface area contributed by atoms with Crippen molar-refractivity contribution in [3.05, 3.63) is 76.7 Å². The summed E-state index contributed by atoms with van der Waals surface area (Å²) in [5, 5.41) is 19.0. The lowest BCUT2D eigenvalue weighted by Crippen LogP contribution is -2.17. The minimum atomic E-state index is -3.69. The summed E-state index contributed by atoms with van der Waals surface area (Å²) in [6.07, 6.45) is -0.815. The number of aliphatic hydroxyl groups is 1. The number of aryl methyl sites for hydroxylation is 1. The van der Waals surface area contributed by atoms with Crippen LogP contribution in [0.4, 0.5) is 4.39 Å². The molecule has 8 heteroatoms. The van der Waals surface area contributed by atoms with Gasteiger partial charge in [0.1, 0.15) is 5.82 Å². The Balaban J connectivity index is 1.96. The van der Waals surface area contributed by atoms with Gasteiger partial charge in [0.05, 0.1) is 35.6 Å². The van der Waals surface area contributed by atoms with E-state index in [1.807, 2.05) is 32.0 Å². The molecule has 0 fully saturated rings. The van der Waals surface area contributed by atoms with Crippen LogP contribution in [-0.4, -0.2) is 40.5 Å². The third-order valence-corrected chi connectivity index (χ3v) is 8.37. The number of carbonyl (C=O) groups is 1. The Hall–Kier alpha value is -3.30. The van der Waals surface area contributed by atoms with Crippen molar-refractivity contribution >= 4 is 13.3 Å². The number of halogens is 1. The van der Waals surface area contributed by atoms with Crippen LogP contribution in [0, 0.1) is 17.4 Å². The Morgan fingerprint density at radius 2 is 1.86 bits per heavy atom. The normalized spacial score (nSPS) is 14.6. The van der Waals surface area contributed by atoms with E-state index in [0.717, 1.165) is 34.4 Å². The molecular weight excluding hydrogens is 492 g/mol. The smallest absolute Gasteiger partial charge is 0.305 e. The molecule has 2 aromatic carbocycles. The summed E-state index contributed by atoms with van der Waals surface area (Å²) in [6, 6.07) is 14.3. The fraction of sp³-hybridized carbons (Fsp3) is 0.310. The number of pyridine rings is 1. The highest BCUT2D eigenvalue weighted by molar-refractivity contribution is 7.64. The Morgan fingerprint density at radius 1 is 1.16 bits per heavy atom. The maximum Gasteiger partial charge on any atom is 0.305 e. The van der Waals surface area contributed by atoms with E-state index in [1.54, 1.807) is 12.1 Å². The van der Waals surface area contributed by atoms with Crippen molar-refractivity contribution in [1.82, 2.24) is 4.98 Å². The highest BCUT2D eigenvalue weighted by Crippen LogP contribution is 2.47. The Kier molecular flexibility index (Phi) is 7.94. The first kappa shape index (κ1) is 26.8. The van der Waals surface area contributed by atoms with E-state index in [9.17, 15) is 18.9 Å². The molecule has 0 saturated heterocycles. The number of hydrogen-bond acceptors (Lipinski definition) is 5. The predicted molar refractivity (Wildman–Crippen MR) is 141 cm³/mol. The van der Waals surface area contributed by atoms with E-state index < -0.39 is 32.0 Å². The predicted octanol–water partition coefficient (Wildman–Crippen LogP) is 5.85. The summed E-state index contributed by atoms with van der Waals surface area (Å²) in [7, 11) is -2.46. The number of hydrogen-bond donors (Lipinski definition) is 2. The quantitative estimate of drug-likeness (QED) is 0.299. The van der Waals surface area contributed by atoms with Gasteiger partial charge in [0.25, 0.3) is 7.37 Å². The van der Waals surface area contributed by atoms with Crippen LogP contribution in [0.3, 0.4) is 0 Å². The molecule has 1 heterocycles. The molecule has 192 valence electrons. The number of aromatic nitrogens is 1. The first-order chi connectivity index (χ1) is 17.6. The van der Waals surface area contributed by atoms with Gasteiger partial charge in [-0.25, -0.2) is 4.39 Å². The van der Waals surface area contributed by atoms with Gasteiger partial charge in [-0.15, -0.1) is 0 Å². The molecule has 3 aromatic rings. The van der Waals surface area contributed by atoms with Crippen LogP contribution in [0.1, 0.15) is 48.6 Å². The molecule has 2 N–H and O–H groups in total. The van der Waals surface area contributed by atoms with E-state index >= 15 is 0 Å². The molecule has 6 nitrogen and oxygen atoms in total. The first-order valence-electron chi connectivity index (χ1n) is 12.1. The molecule has 1 aliphatic rings. The minimum absolute atomic E-state index is 0.0394. The number of rotatable bonds is 7. The minimum Gasteiger partial charge on any atom is -0.481 e. The zero-order valence-electron chi connectivity index (χ0n) is 21.0. The second kappa shape index (κ2) is 11.0. The van der Waals surface area contributed by atoms with E-state index in [-0.39, 0.29) is 11.7 Å². The van der Waals surface area contributed by atoms with Crippen molar-refractivity contribution in [2.45, 2.75) is 45.1 Å². The monoisotopic (exact) mass is 521 g/mol. The van der Waals surface area contributed by atoms with Crippen molar-refractivity contribution in [2.75, 3.05) is 13.3 Å². The average Bonchev–Trinajstić information content (AvgIpc) is 2.86.